The minimum atomic E-state index is -0.178. The number of nitrogens with zero attached hydrogens (tertiary/aromatic N) is 2. The first-order valence-corrected chi connectivity index (χ1v) is 7.32. The number of anilines is 1. The first-order chi connectivity index (χ1) is 8.79. The molecule has 1 aliphatic rings. The summed E-state index contributed by atoms with van der Waals surface area (Å²) in [6, 6.07) is 3.50. The molecule has 1 saturated heterocycles. The highest BCUT2D eigenvalue weighted by Crippen LogP contribution is 2.25. The van der Waals surface area contributed by atoms with Crippen LogP contribution in [-0.2, 0) is 0 Å². The van der Waals surface area contributed by atoms with Gasteiger partial charge in [-0.3, -0.25) is 4.79 Å². The second kappa shape index (κ2) is 6.58. The molecule has 6 heteroatoms. The molecule has 5 nitrogen and oxygen atoms in total. The van der Waals surface area contributed by atoms with Crippen LogP contribution < -0.4 is 10.6 Å². The van der Waals surface area contributed by atoms with Crippen molar-refractivity contribution in [2.24, 2.45) is 0 Å². The molecule has 1 aromatic heterocycles. The quantitative estimate of drug-likeness (QED) is 0.846. The third-order valence-electron chi connectivity index (χ3n) is 2.77. The number of thioether (sulfide) groups is 1. The van der Waals surface area contributed by atoms with E-state index >= 15 is 0 Å². The van der Waals surface area contributed by atoms with Gasteiger partial charge in [0, 0.05) is 18.3 Å². The summed E-state index contributed by atoms with van der Waals surface area (Å²) in [5.41, 5.74) is 0.359. The van der Waals surface area contributed by atoms with E-state index in [4.69, 9.17) is 0 Å². The molecule has 1 aromatic rings. The molecule has 18 heavy (non-hydrogen) atoms. The van der Waals surface area contributed by atoms with E-state index in [2.05, 4.69) is 20.8 Å². The molecule has 2 N–H and O–H groups in total. The van der Waals surface area contributed by atoms with Gasteiger partial charge in [0.25, 0.3) is 5.91 Å². The molecule has 1 atom stereocenters. The number of hydrogen-bond donors (Lipinski definition) is 2. The third-order valence-corrected chi connectivity index (χ3v) is 4.17. The summed E-state index contributed by atoms with van der Waals surface area (Å²) >= 11 is 2.00. The van der Waals surface area contributed by atoms with Crippen molar-refractivity contribution >= 4 is 23.5 Å². The van der Waals surface area contributed by atoms with Crippen LogP contribution in [0.5, 0.6) is 0 Å². The zero-order chi connectivity index (χ0) is 12.8. The standard InChI is InChI=1S/C12H18N4OS/c1-2-13-12(17)10-5-6-11(16-15-10)14-8-9-4-3-7-18-9/h5-6,9H,2-4,7-8H2,1H3,(H,13,17)(H,14,16). The van der Waals surface area contributed by atoms with Crippen molar-refractivity contribution in [3.8, 4) is 0 Å². The number of aromatic nitrogens is 2. The lowest BCUT2D eigenvalue weighted by atomic mass is 10.2. The van der Waals surface area contributed by atoms with Gasteiger partial charge in [-0.2, -0.15) is 11.8 Å². The van der Waals surface area contributed by atoms with E-state index in [9.17, 15) is 4.79 Å². The summed E-state index contributed by atoms with van der Waals surface area (Å²) < 4.78 is 0. The van der Waals surface area contributed by atoms with Crippen LogP contribution in [0.15, 0.2) is 12.1 Å². The van der Waals surface area contributed by atoms with Crippen LogP contribution in [-0.4, -0.2) is 40.2 Å². The van der Waals surface area contributed by atoms with Crippen LogP contribution in [0.1, 0.15) is 30.3 Å². The molecular weight excluding hydrogens is 248 g/mol. The number of rotatable bonds is 5. The molecular formula is C12H18N4OS. The van der Waals surface area contributed by atoms with Crippen LogP contribution >= 0.6 is 11.8 Å². The highest BCUT2D eigenvalue weighted by molar-refractivity contribution is 8.00. The van der Waals surface area contributed by atoms with Crippen molar-refractivity contribution in [2.45, 2.75) is 25.0 Å². The molecule has 1 unspecified atom stereocenters. The number of hydrogen-bond acceptors (Lipinski definition) is 5. The maximum Gasteiger partial charge on any atom is 0.271 e. The topological polar surface area (TPSA) is 66.9 Å². The normalized spacial score (nSPS) is 18.6. The highest BCUT2D eigenvalue weighted by atomic mass is 32.2. The van der Waals surface area contributed by atoms with Gasteiger partial charge >= 0.3 is 0 Å². The summed E-state index contributed by atoms with van der Waals surface area (Å²) in [5.74, 6) is 1.81. The number of carbonyl (C=O) groups excluding carboxylic acids is 1. The predicted octanol–water partition coefficient (Wildman–Crippen LogP) is 1.53. The Bertz CT molecular complexity index is 390. The van der Waals surface area contributed by atoms with Crippen molar-refractivity contribution in [3.05, 3.63) is 17.8 Å². The maximum absolute atomic E-state index is 11.5. The average Bonchev–Trinajstić information content (AvgIpc) is 2.90. The van der Waals surface area contributed by atoms with Crippen LogP contribution in [0.25, 0.3) is 0 Å². The fourth-order valence-corrected chi connectivity index (χ4v) is 3.02. The van der Waals surface area contributed by atoms with Crippen LogP contribution in [0, 0.1) is 0 Å². The summed E-state index contributed by atoms with van der Waals surface area (Å²) in [6.07, 6.45) is 2.57. The minimum absolute atomic E-state index is 0.178. The molecule has 2 rings (SSSR count). The van der Waals surface area contributed by atoms with E-state index in [1.165, 1.54) is 18.6 Å². The predicted molar refractivity (Wildman–Crippen MR) is 74.0 cm³/mol. The number of carbonyl (C=O) groups is 1. The van der Waals surface area contributed by atoms with Gasteiger partial charge in [0.2, 0.25) is 0 Å². The van der Waals surface area contributed by atoms with Gasteiger partial charge < -0.3 is 10.6 Å². The number of amides is 1. The van der Waals surface area contributed by atoms with Gasteiger partial charge in [0.15, 0.2) is 5.69 Å². The van der Waals surface area contributed by atoms with E-state index < -0.39 is 0 Å². The van der Waals surface area contributed by atoms with Crippen molar-refractivity contribution < 1.29 is 4.79 Å². The van der Waals surface area contributed by atoms with Gasteiger partial charge in [-0.25, -0.2) is 0 Å². The fraction of sp³-hybridized carbons (Fsp3) is 0.583. The molecule has 2 heterocycles. The Hall–Kier alpha value is -1.30. The molecule has 98 valence electrons. The third kappa shape index (κ3) is 3.60. The van der Waals surface area contributed by atoms with Crippen LogP contribution in [0.4, 0.5) is 5.82 Å². The average molecular weight is 266 g/mol. The van der Waals surface area contributed by atoms with Gasteiger partial charge in [-0.1, -0.05) is 0 Å². The van der Waals surface area contributed by atoms with Gasteiger partial charge in [-0.05, 0) is 37.7 Å². The zero-order valence-electron chi connectivity index (χ0n) is 10.5. The second-order valence-electron chi connectivity index (χ2n) is 4.18. The molecule has 1 amide bonds. The van der Waals surface area contributed by atoms with Gasteiger partial charge in [0.05, 0.1) is 0 Å². The lowest BCUT2D eigenvalue weighted by Crippen LogP contribution is -2.24. The maximum atomic E-state index is 11.5. The van der Waals surface area contributed by atoms with E-state index in [0.717, 1.165) is 12.4 Å². The van der Waals surface area contributed by atoms with E-state index in [0.29, 0.717) is 17.5 Å². The van der Waals surface area contributed by atoms with Crippen molar-refractivity contribution in [1.82, 2.24) is 15.5 Å². The molecule has 0 spiro atoms. The Morgan fingerprint density at radius 3 is 3.00 bits per heavy atom. The molecule has 0 radical (unpaired) electrons. The Labute approximate surface area is 111 Å². The molecule has 1 aliphatic heterocycles. The zero-order valence-corrected chi connectivity index (χ0v) is 11.3. The lowest BCUT2D eigenvalue weighted by Gasteiger charge is -2.10. The van der Waals surface area contributed by atoms with E-state index in [1.54, 1.807) is 12.1 Å². The van der Waals surface area contributed by atoms with Crippen molar-refractivity contribution in [2.75, 3.05) is 24.2 Å². The largest absolute Gasteiger partial charge is 0.367 e. The highest BCUT2D eigenvalue weighted by Gasteiger charge is 2.15. The molecule has 0 aliphatic carbocycles. The summed E-state index contributed by atoms with van der Waals surface area (Å²) in [4.78, 5) is 11.5. The molecule has 1 fully saturated rings. The fourth-order valence-electron chi connectivity index (χ4n) is 1.82. The Morgan fingerprint density at radius 2 is 2.39 bits per heavy atom. The molecule has 0 aromatic carbocycles. The lowest BCUT2D eigenvalue weighted by molar-refractivity contribution is 0.0950. The smallest absolute Gasteiger partial charge is 0.271 e. The van der Waals surface area contributed by atoms with Crippen LogP contribution in [0.3, 0.4) is 0 Å². The van der Waals surface area contributed by atoms with Crippen molar-refractivity contribution in [1.29, 1.82) is 0 Å². The van der Waals surface area contributed by atoms with Crippen molar-refractivity contribution in [3.63, 3.8) is 0 Å². The first-order valence-electron chi connectivity index (χ1n) is 6.27. The summed E-state index contributed by atoms with van der Waals surface area (Å²) in [6.45, 7) is 3.39. The SMILES string of the molecule is CCNC(=O)c1ccc(NCC2CCCS2)nn1. The summed E-state index contributed by atoms with van der Waals surface area (Å²) in [5, 5.41) is 14.6. The monoisotopic (exact) mass is 266 g/mol. The summed E-state index contributed by atoms with van der Waals surface area (Å²) in [7, 11) is 0. The minimum Gasteiger partial charge on any atom is -0.367 e. The van der Waals surface area contributed by atoms with Crippen LogP contribution in [0.2, 0.25) is 0 Å². The number of nitrogens with one attached hydrogen (secondary N) is 2. The molecule has 0 saturated carbocycles. The van der Waals surface area contributed by atoms with Gasteiger partial charge in [0.1, 0.15) is 5.82 Å². The van der Waals surface area contributed by atoms with E-state index in [1.807, 2.05) is 18.7 Å². The Morgan fingerprint density at radius 1 is 1.50 bits per heavy atom. The second-order valence-corrected chi connectivity index (χ2v) is 5.59. The first kappa shape index (κ1) is 13.1. The molecule has 0 bridgehead atoms. The van der Waals surface area contributed by atoms with E-state index in [-0.39, 0.29) is 5.91 Å². The van der Waals surface area contributed by atoms with Gasteiger partial charge in [-0.15, -0.1) is 10.2 Å². The Kier molecular flexibility index (Phi) is 4.81. The Balaban J connectivity index is 1.85.